The molecule has 0 saturated heterocycles. The van der Waals surface area contributed by atoms with Crippen molar-refractivity contribution in [1.82, 2.24) is 0 Å². The van der Waals surface area contributed by atoms with E-state index >= 15 is 0 Å². The highest BCUT2D eigenvalue weighted by Gasteiger charge is 2.18. The maximum atomic E-state index is 13.0. The first-order chi connectivity index (χ1) is 7.31. The van der Waals surface area contributed by atoms with Gasteiger partial charge in [-0.25, -0.2) is 4.39 Å². The van der Waals surface area contributed by atoms with Crippen molar-refractivity contribution in [3.05, 3.63) is 35.1 Å². The van der Waals surface area contributed by atoms with Gasteiger partial charge >= 0.3 is 0 Å². The van der Waals surface area contributed by atoms with Crippen molar-refractivity contribution in [2.24, 2.45) is 0 Å². The van der Waals surface area contributed by atoms with Crippen molar-refractivity contribution in [2.45, 2.75) is 38.0 Å². The van der Waals surface area contributed by atoms with Gasteiger partial charge in [0.2, 0.25) is 0 Å². The van der Waals surface area contributed by atoms with Crippen molar-refractivity contribution in [1.29, 1.82) is 5.26 Å². The summed E-state index contributed by atoms with van der Waals surface area (Å²) in [6, 6.07) is 6.69. The molecule has 2 heteroatoms. The van der Waals surface area contributed by atoms with Gasteiger partial charge in [-0.2, -0.15) is 5.26 Å². The van der Waals surface area contributed by atoms with E-state index in [0.29, 0.717) is 11.5 Å². The molecular formula is C13H14FN. The van der Waals surface area contributed by atoms with E-state index in [0.717, 1.165) is 18.4 Å². The van der Waals surface area contributed by atoms with E-state index in [4.69, 9.17) is 5.26 Å². The molecule has 0 unspecified atom stereocenters. The van der Waals surface area contributed by atoms with Gasteiger partial charge in [-0.1, -0.05) is 25.3 Å². The van der Waals surface area contributed by atoms with Crippen molar-refractivity contribution >= 4 is 0 Å². The Hall–Kier alpha value is -1.36. The summed E-state index contributed by atoms with van der Waals surface area (Å²) in [6.45, 7) is 0. The van der Waals surface area contributed by atoms with Crippen LogP contribution in [0.4, 0.5) is 4.39 Å². The quantitative estimate of drug-likeness (QED) is 0.682. The molecule has 0 atom stereocenters. The lowest BCUT2D eigenvalue weighted by Crippen LogP contribution is -2.06. The molecule has 2 rings (SSSR count). The Kier molecular flexibility index (Phi) is 3.01. The molecule has 0 heterocycles. The van der Waals surface area contributed by atoms with Crippen LogP contribution in [0.15, 0.2) is 18.2 Å². The minimum absolute atomic E-state index is 0.314. The van der Waals surface area contributed by atoms with Crippen molar-refractivity contribution in [3.8, 4) is 6.07 Å². The molecule has 1 aromatic rings. The second kappa shape index (κ2) is 4.44. The van der Waals surface area contributed by atoms with Crippen LogP contribution >= 0.6 is 0 Å². The fourth-order valence-corrected chi connectivity index (χ4v) is 2.39. The minimum Gasteiger partial charge on any atom is -0.207 e. The molecule has 0 spiro atoms. The molecule has 1 aliphatic rings. The third kappa shape index (κ3) is 2.18. The number of halogens is 1. The fourth-order valence-electron chi connectivity index (χ4n) is 2.39. The van der Waals surface area contributed by atoms with Gasteiger partial charge in [-0.3, -0.25) is 0 Å². The van der Waals surface area contributed by atoms with Crippen LogP contribution in [-0.2, 0) is 0 Å². The third-order valence-corrected chi connectivity index (χ3v) is 3.18. The van der Waals surface area contributed by atoms with E-state index in [-0.39, 0.29) is 5.82 Å². The zero-order valence-corrected chi connectivity index (χ0v) is 8.67. The molecule has 0 aromatic heterocycles. The van der Waals surface area contributed by atoms with E-state index in [2.05, 4.69) is 6.07 Å². The normalized spacial score (nSPS) is 17.3. The Labute approximate surface area is 89.5 Å². The van der Waals surface area contributed by atoms with Crippen LogP contribution in [0, 0.1) is 17.1 Å². The highest BCUT2D eigenvalue weighted by atomic mass is 19.1. The lowest BCUT2D eigenvalue weighted by atomic mass is 9.82. The predicted molar refractivity (Wildman–Crippen MR) is 56.9 cm³/mol. The zero-order valence-electron chi connectivity index (χ0n) is 8.67. The molecule has 0 bridgehead atoms. The zero-order chi connectivity index (χ0) is 10.7. The van der Waals surface area contributed by atoms with E-state index in [1.54, 1.807) is 6.07 Å². The molecule has 1 aromatic carbocycles. The van der Waals surface area contributed by atoms with Crippen LogP contribution in [0.2, 0.25) is 0 Å². The molecular weight excluding hydrogens is 189 g/mol. The summed E-state index contributed by atoms with van der Waals surface area (Å²) in [5.41, 5.74) is 1.56. The average Bonchev–Trinajstić information content (AvgIpc) is 2.30. The molecule has 15 heavy (non-hydrogen) atoms. The number of rotatable bonds is 1. The number of hydrogen-bond donors (Lipinski definition) is 0. The smallest absolute Gasteiger partial charge is 0.124 e. The van der Waals surface area contributed by atoms with Crippen LogP contribution in [0.3, 0.4) is 0 Å². The number of benzene rings is 1. The fraction of sp³-hybridized carbons (Fsp3) is 0.462. The summed E-state index contributed by atoms with van der Waals surface area (Å²) >= 11 is 0. The van der Waals surface area contributed by atoms with Crippen molar-refractivity contribution in [2.75, 3.05) is 0 Å². The van der Waals surface area contributed by atoms with Crippen molar-refractivity contribution < 1.29 is 4.39 Å². The Morgan fingerprint density at radius 1 is 1.20 bits per heavy atom. The van der Waals surface area contributed by atoms with Gasteiger partial charge in [-0.05, 0) is 36.5 Å². The van der Waals surface area contributed by atoms with Gasteiger partial charge < -0.3 is 0 Å². The van der Waals surface area contributed by atoms with Gasteiger partial charge in [-0.15, -0.1) is 0 Å². The maximum absolute atomic E-state index is 13.0. The summed E-state index contributed by atoms with van der Waals surface area (Å²) < 4.78 is 13.0. The lowest BCUT2D eigenvalue weighted by Gasteiger charge is -2.22. The second-order valence-electron chi connectivity index (χ2n) is 4.18. The molecule has 1 nitrogen and oxygen atoms in total. The van der Waals surface area contributed by atoms with Gasteiger partial charge in [0.25, 0.3) is 0 Å². The van der Waals surface area contributed by atoms with E-state index in [1.165, 1.54) is 31.4 Å². The molecule has 1 saturated carbocycles. The largest absolute Gasteiger partial charge is 0.207 e. The first-order valence-corrected chi connectivity index (χ1v) is 5.51. The highest BCUT2D eigenvalue weighted by molar-refractivity contribution is 5.40. The summed E-state index contributed by atoms with van der Waals surface area (Å²) in [6.07, 6.45) is 6.03. The predicted octanol–water partition coefficient (Wildman–Crippen LogP) is 3.75. The number of nitriles is 1. The SMILES string of the molecule is N#Cc1cc(F)ccc1C1CCCCC1. The van der Waals surface area contributed by atoms with Crippen LogP contribution in [0.5, 0.6) is 0 Å². The molecule has 0 aliphatic heterocycles. The molecule has 0 amide bonds. The van der Waals surface area contributed by atoms with Crippen LogP contribution in [-0.4, -0.2) is 0 Å². The maximum Gasteiger partial charge on any atom is 0.124 e. The molecule has 0 N–H and O–H groups in total. The minimum atomic E-state index is -0.314. The van der Waals surface area contributed by atoms with E-state index in [9.17, 15) is 4.39 Å². The third-order valence-electron chi connectivity index (χ3n) is 3.18. The summed E-state index contributed by atoms with van der Waals surface area (Å²) in [4.78, 5) is 0. The Morgan fingerprint density at radius 2 is 1.93 bits per heavy atom. The standard InChI is InChI=1S/C13H14FN/c14-12-6-7-13(11(8-12)9-15)10-4-2-1-3-5-10/h6-8,10H,1-5H2. The first kappa shape index (κ1) is 10.2. The molecule has 0 radical (unpaired) electrons. The number of nitrogens with zero attached hydrogens (tertiary/aromatic N) is 1. The van der Waals surface area contributed by atoms with Crippen LogP contribution < -0.4 is 0 Å². The van der Waals surface area contributed by atoms with Crippen LogP contribution in [0.1, 0.15) is 49.1 Å². The monoisotopic (exact) mass is 203 g/mol. The summed E-state index contributed by atoms with van der Waals surface area (Å²) in [5, 5.41) is 8.96. The van der Waals surface area contributed by atoms with E-state index in [1.807, 2.05) is 0 Å². The van der Waals surface area contributed by atoms with Crippen molar-refractivity contribution in [3.63, 3.8) is 0 Å². The van der Waals surface area contributed by atoms with Gasteiger partial charge in [0.05, 0.1) is 11.6 Å². The van der Waals surface area contributed by atoms with Crippen LogP contribution in [0.25, 0.3) is 0 Å². The average molecular weight is 203 g/mol. The second-order valence-corrected chi connectivity index (χ2v) is 4.18. The summed E-state index contributed by atoms with van der Waals surface area (Å²) in [5.74, 6) is 0.153. The lowest BCUT2D eigenvalue weighted by molar-refractivity contribution is 0.442. The van der Waals surface area contributed by atoms with E-state index < -0.39 is 0 Å². The number of hydrogen-bond acceptors (Lipinski definition) is 1. The molecule has 1 aliphatic carbocycles. The van der Waals surface area contributed by atoms with Gasteiger partial charge in [0, 0.05) is 0 Å². The topological polar surface area (TPSA) is 23.8 Å². The Morgan fingerprint density at radius 3 is 2.60 bits per heavy atom. The molecule has 78 valence electrons. The highest BCUT2D eigenvalue weighted by Crippen LogP contribution is 2.34. The van der Waals surface area contributed by atoms with Gasteiger partial charge in [0.1, 0.15) is 5.82 Å². The molecule has 1 fully saturated rings. The summed E-state index contributed by atoms with van der Waals surface area (Å²) in [7, 11) is 0. The Balaban J connectivity index is 2.30. The van der Waals surface area contributed by atoms with Gasteiger partial charge in [0.15, 0.2) is 0 Å². The first-order valence-electron chi connectivity index (χ1n) is 5.51. The Bertz CT molecular complexity index is 386.